The number of aldehydes is 1. The summed E-state index contributed by atoms with van der Waals surface area (Å²) in [5, 5.41) is 0. The van der Waals surface area contributed by atoms with Gasteiger partial charge in [-0.2, -0.15) is 0 Å². The Morgan fingerprint density at radius 3 is 2.23 bits per heavy atom. The molecule has 0 aliphatic carbocycles. The van der Waals surface area contributed by atoms with E-state index in [4.69, 9.17) is 14.2 Å². The topological polar surface area (TPSA) is 91.4 Å². The van der Waals surface area contributed by atoms with Gasteiger partial charge in [-0.05, 0) is 46.2 Å². The summed E-state index contributed by atoms with van der Waals surface area (Å²) < 4.78 is 61.6. The molecule has 212 valence electrons. The van der Waals surface area contributed by atoms with Crippen LogP contribution < -0.4 is 19.1 Å². The molecule has 0 unspecified atom stereocenters. The first-order chi connectivity index (χ1) is 18.2. The molecule has 2 rings (SSSR count). The van der Waals surface area contributed by atoms with E-state index in [2.05, 4.69) is 11.3 Å². The van der Waals surface area contributed by atoms with E-state index in [1.807, 2.05) is 6.92 Å². The number of nitrogens with zero attached hydrogens (tertiary/aromatic N) is 1. The summed E-state index contributed by atoms with van der Waals surface area (Å²) >= 11 is 0. The van der Waals surface area contributed by atoms with Crippen LogP contribution in [0.1, 0.15) is 66.8 Å². The van der Waals surface area contributed by atoms with Crippen molar-refractivity contribution >= 4 is 24.0 Å². The van der Waals surface area contributed by atoms with Gasteiger partial charge >= 0.3 is 18.4 Å². The maximum atomic E-state index is 13.5. The zero-order valence-electron chi connectivity index (χ0n) is 22.5. The smallest absolute Gasteiger partial charge is 0.490 e. The van der Waals surface area contributed by atoms with Crippen molar-refractivity contribution in [3.63, 3.8) is 0 Å². The minimum Gasteiger partial charge on any atom is -0.490 e. The molecule has 0 aromatic heterocycles. The predicted molar refractivity (Wildman–Crippen MR) is 139 cm³/mol. The van der Waals surface area contributed by atoms with Gasteiger partial charge in [0.1, 0.15) is 28.4 Å². The summed E-state index contributed by atoms with van der Waals surface area (Å²) in [4.78, 5) is 39.9. The second-order valence-electron chi connectivity index (χ2n) is 9.37. The number of hydrogen-bond donors (Lipinski definition) is 0. The SMILES string of the molecule is C=CCN(C(=O)OC(C)(C)C)c1c(C=O)c(OC(F)(F)F)c(C)c(C(=O)Oc2ccccc2)c1OCCCC. The number of carbonyl (C=O) groups excluding carboxylic acids is 3. The molecule has 0 radical (unpaired) electrons. The number of carbonyl (C=O) groups is 3. The van der Waals surface area contributed by atoms with Crippen LogP contribution in [-0.4, -0.2) is 43.5 Å². The molecule has 0 heterocycles. The Labute approximate surface area is 225 Å². The van der Waals surface area contributed by atoms with Gasteiger partial charge in [-0.1, -0.05) is 37.6 Å². The fourth-order valence-corrected chi connectivity index (χ4v) is 3.51. The summed E-state index contributed by atoms with van der Waals surface area (Å²) in [7, 11) is 0. The second kappa shape index (κ2) is 13.2. The van der Waals surface area contributed by atoms with E-state index >= 15 is 0 Å². The van der Waals surface area contributed by atoms with Gasteiger partial charge in [-0.15, -0.1) is 19.8 Å². The van der Waals surface area contributed by atoms with Gasteiger partial charge in [0.05, 0.1) is 12.2 Å². The maximum absolute atomic E-state index is 13.5. The number of anilines is 1. The van der Waals surface area contributed by atoms with Gasteiger partial charge in [-0.3, -0.25) is 9.69 Å². The normalized spacial score (nSPS) is 11.4. The fraction of sp³-hybridized carbons (Fsp3) is 0.393. The Kier molecular flexibility index (Phi) is 10.5. The minimum absolute atomic E-state index is 0.0164. The number of hydrogen-bond acceptors (Lipinski definition) is 7. The van der Waals surface area contributed by atoms with Gasteiger partial charge in [0.2, 0.25) is 0 Å². The third-order valence-corrected chi connectivity index (χ3v) is 5.09. The molecule has 0 saturated heterocycles. The first kappa shape index (κ1) is 31.2. The lowest BCUT2D eigenvalue weighted by molar-refractivity contribution is -0.274. The summed E-state index contributed by atoms with van der Waals surface area (Å²) in [6.45, 7) is 11.1. The Bertz CT molecular complexity index is 1190. The number of amides is 1. The molecule has 0 N–H and O–H groups in total. The molecule has 0 fully saturated rings. The molecule has 11 heteroatoms. The van der Waals surface area contributed by atoms with Gasteiger partial charge < -0.3 is 18.9 Å². The van der Waals surface area contributed by atoms with Crippen LogP contribution in [0, 0.1) is 6.92 Å². The molecule has 39 heavy (non-hydrogen) atoms. The van der Waals surface area contributed by atoms with Crippen LogP contribution in [0.4, 0.5) is 23.7 Å². The van der Waals surface area contributed by atoms with Crippen LogP contribution in [0.25, 0.3) is 0 Å². The van der Waals surface area contributed by atoms with Crippen LogP contribution in [0.15, 0.2) is 43.0 Å². The zero-order valence-corrected chi connectivity index (χ0v) is 22.5. The standard InChI is InChI=1S/C28H32F3NO7/c1-7-9-16-36-24-21(25(34)37-19-13-11-10-12-14-19)18(3)23(38-28(29,30)31)20(17-33)22(24)32(15-8-2)26(35)39-27(4,5)6/h8,10-14,17H,2,7,9,15-16H2,1,3-6H3. The third-order valence-electron chi connectivity index (χ3n) is 5.09. The lowest BCUT2D eigenvalue weighted by Crippen LogP contribution is -2.38. The highest BCUT2D eigenvalue weighted by atomic mass is 19.4. The highest BCUT2D eigenvalue weighted by molar-refractivity contribution is 6.07. The van der Waals surface area contributed by atoms with Gasteiger partial charge in [0.25, 0.3) is 0 Å². The van der Waals surface area contributed by atoms with Crippen molar-refractivity contribution in [2.75, 3.05) is 18.1 Å². The van der Waals surface area contributed by atoms with Crippen LogP contribution in [-0.2, 0) is 4.74 Å². The van der Waals surface area contributed by atoms with Crippen molar-refractivity contribution in [2.24, 2.45) is 0 Å². The summed E-state index contributed by atoms with van der Waals surface area (Å²) in [5.41, 5.74) is -2.94. The van der Waals surface area contributed by atoms with Gasteiger partial charge in [0, 0.05) is 12.1 Å². The Morgan fingerprint density at radius 1 is 1.08 bits per heavy atom. The van der Waals surface area contributed by atoms with Crippen molar-refractivity contribution in [3.05, 3.63) is 59.7 Å². The van der Waals surface area contributed by atoms with E-state index in [-0.39, 0.29) is 36.5 Å². The summed E-state index contributed by atoms with van der Waals surface area (Å²) in [5.74, 6) is -2.28. The van der Waals surface area contributed by atoms with Crippen molar-refractivity contribution in [3.8, 4) is 17.2 Å². The molecular weight excluding hydrogens is 519 g/mol. The average Bonchev–Trinajstić information content (AvgIpc) is 2.83. The monoisotopic (exact) mass is 551 g/mol. The quantitative estimate of drug-likeness (QED) is 0.0973. The van der Waals surface area contributed by atoms with E-state index < -0.39 is 46.6 Å². The van der Waals surface area contributed by atoms with E-state index in [1.165, 1.54) is 18.2 Å². The molecule has 0 atom stereocenters. The second-order valence-corrected chi connectivity index (χ2v) is 9.37. The van der Waals surface area contributed by atoms with E-state index in [0.29, 0.717) is 12.8 Å². The van der Waals surface area contributed by atoms with Crippen molar-refractivity contribution in [1.29, 1.82) is 0 Å². The number of benzene rings is 2. The number of esters is 1. The first-order valence-corrected chi connectivity index (χ1v) is 12.2. The van der Waals surface area contributed by atoms with E-state index in [0.717, 1.165) is 11.8 Å². The lowest BCUT2D eigenvalue weighted by Gasteiger charge is -2.31. The highest BCUT2D eigenvalue weighted by Gasteiger charge is 2.39. The van der Waals surface area contributed by atoms with Gasteiger partial charge in [0.15, 0.2) is 12.0 Å². The first-order valence-electron chi connectivity index (χ1n) is 12.2. The Hall–Kier alpha value is -4.02. The Morgan fingerprint density at radius 2 is 1.72 bits per heavy atom. The number of ether oxygens (including phenoxy) is 4. The molecule has 0 aliphatic rings. The molecule has 8 nitrogen and oxygen atoms in total. The lowest BCUT2D eigenvalue weighted by atomic mass is 9.98. The molecule has 1 amide bonds. The summed E-state index contributed by atoms with van der Waals surface area (Å²) in [6.07, 6.45) is -3.70. The average molecular weight is 552 g/mol. The Balaban J connectivity index is 2.97. The molecule has 0 saturated carbocycles. The number of rotatable bonds is 11. The number of alkyl halides is 3. The minimum atomic E-state index is -5.24. The van der Waals surface area contributed by atoms with Crippen molar-refractivity contribution < 1.29 is 46.5 Å². The molecule has 0 bridgehead atoms. The van der Waals surface area contributed by atoms with Crippen molar-refractivity contribution in [1.82, 2.24) is 0 Å². The molecule has 0 spiro atoms. The summed E-state index contributed by atoms with van der Waals surface area (Å²) in [6, 6.07) is 7.83. The number of halogens is 3. The fourth-order valence-electron chi connectivity index (χ4n) is 3.51. The highest BCUT2D eigenvalue weighted by Crippen LogP contribution is 2.46. The zero-order chi connectivity index (χ0) is 29.4. The number of para-hydroxylation sites is 1. The third kappa shape index (κ3) is 8.49. The molecule has 2 aromatic carbocycles. The largest absolute Gasteiger partial charge is 0.573 e. The molecule has 2 aromatic rings. The van der Waals surface area contributed by atoms with Crippen LogP contribution in [0.3, 0.4) is 0 Å². The van der Waals surface area contributed by atoms with Crippen LogP contribution in [0.2, 0.25) is 0 Å². The predicted octanol–water partition coefficient (Wildman–Crippen LogP) is 7.03. The van der Waals surface area contributed by atoms with Crippen LogP contribution >= 0.6 is 0 Å². The van der Waals surface area contributed by atoms with Crippen molar-refractivity contribution in [2.45, 2.75) is 59.4 Å². The number of unbranched alkanes of at least 4 members (excludes halogenated alkanes) is 1. The molecule has 0 aliphatic heterocycles. The molecular formula is C28H32F3NO7. The maximum Gasteiger partial charge on any atom is 0.573 e. The van der Waals surface area contributed by atoms with E-state index in [9.17, 15) is 27.6 Å². The van der Waals surface area contributed by atoms with Gasteiger partial charge in [-0.25, -0.2) is 9.59 Å². The van der Waals surface area contributed by atoms with E-state index in [1.54, 1.807) is 39.0 Å². The van der Waals surface area contributed by atoms with Crippen LogP contribution in [0.5, 0.6) is 17.2 Å².